The summed E-state index contributed by atoms with van der Waals surface area (Å²) < 4.78 is 10.9. The number of rotatable bonds is 1. The predicted molar refractivity (Wildman–Crippen MR) is 62.1 cm³/mol. The molecule has 0 saturated carbocycles. The molecule has 17 heavy (non-hydrogen) atoms. The minimum atomic E-state index is -0.639. The zero-order chi connectivity index (χ0) is 12.0. The molecule has 1 aliphatic carbocycles. The lowest BCUT2D eigenvalue weighted by Crippen LogP contribution is -2.30. The van der Waals surface area contributed by atoms with Gasteiger partial charge in [0, 0.05) is 12.0 Å². The Morgan fingerprint density at radius 1 is 1.53 bits per heavy atom. The van der Waals surface area contributed by atoms with Gasteiger partial charge in [0.1, 0.15) is 17.3 Å². The summed E-state index contributed by atoms with van der Waals surface area (Å²) in [6, 6.07) is 1.85. The SMILES string of the molecule is C=C1[C@@H](c2ccoc2)OC2=CCCC(=O)[C@@]12C. The third kappa shape index (κ3) is 1.25. The van der Waals surface area contributed by atoms with Crippen LogP contribution < -0.4 is 0 Å². The van der Waals surface area contributed by atoms with Crippen LogP contribution in [-0.4, -0.2) is 5.78 Å². The first kappa shape index (κ1) is 10.4. The maximum Gasteiger partial charge on any atom is 0.150 e. The molecule has 1 aromatic rings. The summed E-state index contributed by atoms with van der Waals surface area (Å²) in [6.45, 7) is 5.98. The number of hydrogen-bond donors (Lipinski definition) is 0. The van der Waals surface area contributed by atoms with Crippen LogP contribution in [0.4, 0.5) is 0 Å². The molecular formula is C14H14O3. The number of carbonyl (C=O) groups is 1. The van der Waals surface area contributed by atoms with E-state index in [4.69, 9.17) is 9.15 Å². The van der Waals surface area contributed by atoms with Crippen molar-refractivity contribution in [3.05, 3.63) is 48.1 Å². The fourth-order valence-corrected chi connectivity index (χ4v) is 2.58. The maximum absolute atomic E-state index is 12.1. The van der Waals surface area contributed by atoms with E-state index in [1.807, 2.05) is 19.1 Å². The quantitative estimate of drug-likeness (QED) is 0.696. The molecule has 2 aliphatic rings. The highest BCUT2D eigenvalue weighted by atomic mass is 16.5. The maximum atomic E-state index is 12.1. The number of carbonyl (C=O) groups excluding carboxylic acids is 1. The van der Waals surface area contributed by atoms with Crippen molar-refractivity contribution in [3.8, 4) is 0 Å². The lowest BCUT2D eigenvalue weighted by molar-refractivity contribution is -0.125. The number of hydrogen-bond acceptors (Lipinski definition) is 3. The van der Waals surface area contributed by atoms with E-state index in [-0.39, 0.29) is 11.9 Å². The van der Waals surface area contributed by atoms with Crippen LogP contribution in [0.5, 0.6) is 0 Å². The zero-order valence-corrected chi connectivity index (χ0v) is 9.73. The number of Topliss-reactive ketones (excluding diaryl/α,β-unsaturated/α-hetero) is 1. The average molecular weight is 230 g/mol. The summed E-state index contributed by atoms with van der Waals surface area (Å²) in [6.07, 6.45) is 6.32. The van der Waals surface area contributed by atoms with E-state index in [1.165, 1.54) is 0 Å². The van der Waals surface area contributed by atoms with Gasteiger partial charge < -0.3 is 9.15 Å². The first-order valence-electron chi connectivity index (χ1n) is 5.76. The van der Waals surface area contributed by atoms with E-state index < -0.39 is 5.41 Å². The molecule has 1 saturated heterocycles. The Kier molecular flexibility index (Phi) is 2.05. The number of ether oxygens (including phenoxy) is 1. The minimum absolute atomic E-state index is 0.200. The van der Waals surface area contributed by atoms with Crippen LogP contribution in [0, 0.1) is 5.41 Å². The number of furan rings is 1. The first-order chi connectivity index (χ1) is 8.14. The molecule has 0 spiro atoms. The van der Waals surface area contributed by atoms with Crippen LogP contribution in [0.15, 0.2) is 47.0 Å². The van der Waals surface area contributed by atoms with Gasteiger partial charge in [0.2, 0.25) is 0 Å². The van der Waals surface area contributed by atoms with E-state index >= 15 is 0 Å². The average Bonchev–Trinajstić information content (AvgIpc) is 2.90. The van der Waals surface area contributed by atoms with Crippen molar-refractivity contribution >= 4 is 5.78 Å². The monoisotopic (exact) mass is 230 g/mol. The lowest BCUT2D eigenvalue weighted by Gasteiger charge is -2.26. The summed E-state index contributed by atoms with van der Waals surface area (Å²) in [5.41, 5.74) is 1.09. The van der Waals surface area contributed by atoms with Gasteiger partial charge in [0.25, 0.3) is 0 Å². The molecule has 2 heterocycles. The Balaban J connectivity index is 2.05. The fraction of sp³-hybridized carbons (Fsp3) is 0.357. The molecule has 1 aliphatic heterocycles. The molecule has 0 bridgehead atoms. The Bertz CT molecular complexity index is 510. The van der Waals surface area contributed by atoms with Crippen molar-refractivity contribution in [2.24, 2.45) is 5.41 Å². The Morgan fingerprint density at radius 3 is 3.00 bits per heavy atom. The van der Waals surface area contributed by atoms with Crippen molar-refractivity contribution in [3.63, 3.8) is 0 Å². The second kappa shape index (κ2) is 3.36. The van der Waals surface area contributed by atoms with Gasteiger partial charge in [0.05, 0.1) is 12.5 Å². The Hall–Kier alpha value is -1.77. The molecule has 0 unspecified atom stereocenters. The van der Waals surface area contributed by atoms with Crippen molar-refractivity contribution in [2.45, 2.75) is 25.9 Å². The third-order valence-corrected chi connectivity index (χ3v) is 3.80. The van der Waals surface area contributed by atoms with Crippen LogP contribution in [0.3, 0.4) is 0 Å². The summed E-state index contributed by atoms with van der Waals surface area (Å²) in [7, 11) is 0. The highest BCUT2D eigenvalue weighted by Gasteiger charge is 2.51. The van der Waals surface area contributed by atoms with Gasteiger partial charge in [-0.1, -0.05) is 6.58 Å². The molecule has 88 valence electrons. The molecule has 3 rings (SSSR count). The molecule has 3 heteroatoms. The third-order valence-electron chi connectivity index (χ3n) is 3.80. The van der Waals surface area contributed by atoms with Gasteiger partial charge in [-0.05, 0) is 31.1 Å². The summed E-state index contributed by atoms with van der Waals surface area (Å²) in [5, 5.41) is 0. The largest absolute Gasteiger partial charge is 0.484 e. The smallest absolute Gasteiger partial charge is 0.150 e. The van der Waals surface area contributed by atoms with Crippen molar-refractivity contribution in [1.29, 1.82) is 0 Å². The number of allylic oxidation sites excluding steroid dienone is 2. The van der Waals surface area contributed by atoms with Gasteiger partial charge in [-0.25, -0.2) is 0 Å². The van der Waals surface area contributed by atoms with E-state index in [2.05, 4.69) is 6.58 Å². The van der Waals surface area contributed by atoms with Crippen LogP contribution in [0.1, 0.15) is 31.4 Å². The van der Waals surface area contributed by atoms with Crippen LogP contribution >= 0.6 is 0 Å². The molecule has 1 aromatic heterocycles. The van der Waals surface area contributed by atoms with E-state index in [1.54, 1.807) is 12.5 Å². The highest BCUT2D eigenvalue weighted by molar-refractivity contribution is 5.92. The van der Waals surface area contributed by atoms with Crippen LogP contribution in [-0.2, 0) is 9.53 Å². The van der Waals surface area contributed by atoms with E-state index in [0.717, 1.165) is 23.3 Å². The summed E-state index contributed by atoms with van der Waals surface area (Å²) in [4.78, 5) is 12.1. The van der Waals surface area contributed by atoms with Gasteiger partial charge >= 0.3 is 0 Å². The first-order valence-corrected chi connectivity index (χ1v) is 5.76. The Morgan fingerprint density at radius 2 is 2.35 bits per heavy atom. The van der Waals surface area contributed by atoms with Gasteiger partial charge in [-0.3, -0.25) is 4.79 Å². The molecule has 1 fully saturated rings. The molecule has 0 aromatic carbocycles. The van der Waals surface area contributed by atoms with Gasteiger partial charge in [0.15, 0.2) is 5.78 Å². The topological polar surface area (TPSA) is 39.4 Å². The Labute approximate surface area is 99.8 Å². The number of fused-ring (bicyclic) bond motifs is 1. The van der Waals surface area contributed by atoms with Gasteiger partial charge in [-0.15, -0.1) is 0 Å². The van der Waals surface area contributed by atoms with E-state index in [0.29, 0.717) is 6.42 Å². The predicted octanol–water partition coefficient (Wildman–Crippen LogP) is 3.16. The van der Waals surface area contributed by atoms with Crippen molar-refractivity contribution in [2.75, 3.05) is 0 Å². The number of ketones is 1. The zero-order valence-electron chi connectivity index (χ0n) is 9.73. The molecule has 0 radical (unpaired) electrons. The van der Waals surface area contributed by atoms with Gasteiger partial charge in [-0.2, -0.15) is 0 Å². The van der Waals surface area contributed by atoms with Crippen molar-refractivity contribution in [1.82, 2.24) is 0 Å². The molecule has 0 amide bonds. The molecule has 0 N–H and O–H groups in total. The van der Waals surface area contributed by atoms with E-state index in [9.17, 15) is 4.79 Å². The highest BCUT2D eigenvalue weighted by Crippen LogP contribution is 2.54. The van der Waals surface area contributed by atoms with Crippen molar-refractivity contribution < 1.29 is 13.9 Å². The molecule has 3 nitrogen and oxygen atoms in total. The van der Waals surface area contributed by atoms with Crippen LogP contribution in [0.25, 0.3) is 0 Å². The summed E-state index contributed by atoms with van der Waals surface area (Å²) in [5.74, 6) is 0.955. The standard InChI is InChI=1S/C14H14O3/c1-9-13(10-6-7-16-8-10)17-12-5-3-4-11(15)14(9,12)2/h5-8,13H,1,3-4H2,2H3/t13-,14+/m0/s1. The second-order valence-electron chi connectivity index (χ2n) is 4.74. The van der Waals surface area contributed by atoms with Crippen LogP contribution in [0.2, 0.25) is 0 Å². The summed E-state index contributed by atoms with van der Waals surface area (Å²) >= 11 is 0. The lowest BCUT2D eigenvalue weighted by atomic mass is 9.72. The normalized spacial score (nSPS) is 32.1. The minimum Gasteiger partial charge on any atom is -0.484 e. The fourth-order valence-electron chi connectivity index (χ4n) is 2.58. The second-order valence-corrected chi connectivity index (χ2v) is 4.74. The molecule has 2 atom stereocenters. The molecular weight excluding hydrogens is 216 g/mol.